The van der Waals surface area contributed by atoms with Gasteiger partial charge in [-0.05, 0) is 30.7 Å². The van der Waals surface area contributed by atoms with Crippen LogP contribution in [0.25, 0.3) is 0 Å². The van der Waals surface area contributed by atoms with Crippen molar-refractivity contribution < 1.29 is 4.79 Å². The maximum absolute atomic E-state index is 12.0. The average Bonchev–Trinajstić information content (AvgIpc) is 2.52. The molecule has 0 spiro atoms. The van der Waals surface area contributed by atoms with E-state index >= 15 is 0 Å². The van der Waals surface area contributed by atoms with Gasteiger partial charge in [-0.25, -0.2) is 0 Å². The Morgan fingerprint density at radius 2 is 1.81 bits per heavy atom. The molecule has 3 rings (SSSR count). The van der Waals surface area contributed by atoms with E-state index in [4.69, 9.17) is 5.73 Å². The van der Waals surface area contributed by atoms with Crippen molar-refractivity contribution in [2.75, 3.05) is 23.3 Å². The summed E-state index contributed by atoms with van der Waals surface area (Å²) >= 11 is 0. The first kappa shape index (κ1) is 13.6. The zero-order chi connectivity index (χ0) is 14.7. The number of amides is 1. The molecule has 0 radical (unpaired) electrons. The zero-order valence-electron chi connectivity index (χ0n) is 11.8. The molecule has 4 heteroatoms. The van der Waals surface area contributed by atoms with Crippen LogP contribution in [0.15, 0.2) is 54.6 Å². The van der Waals surface area contributed by atoms with Crippen molar-refractivity contribution in [2.45, 2.75) is 12.5 Å². The topological polar surface area (TPSA) is 58.4 Å². The molecule has 1 heterocycles. The molecule has 1 unspecified atom stereocenters. The number of anilines is 2. The van der Waals surface area contributed by atoms with E-state index in [1.165, 1.54) is 5.56 Å². The minimum Gasteiger partial charge on any atom is -0.353 e. The Balaban J connectivity index is 2.02. The Hall–Kier alpha value is -2.33. The minimum absolute atomic E-state index is 0.0200. The van der Waals surface area contributed by atoms with Gasteiger partial charge in [-0.2, -0.15) is 0 Å². The van der Waals surface area contributed by atoms with E-state index in [1.54, 1.807) is 0 Å². The third kappa shape index (κ3) is 2.76. The lowest BCUT2D eigenvalue weighted by atomic mass is 9.99. The van der Waals surface area contributed by atoms with Crippen LogP contribution in [0.1, 0.15) is 18.0 Å². The van der Waals surface area contributed by atoms with Crippen molar-refractivity contribution >= 4 is 17.3 Å². The van der Waals surface area contributed by atoms with Crippen molar-refractivity contribution in [1.29, 1.82) is 0 Å². The van der Waals surface area contributed by atoms with Crippen LogP contribution >= 0.6 is 0 Å². The number of para-hydroxylation sites is 2. The van der Waals surface area contributed by atoms with Gasteiger partial charge in [0.05, 0.1) is 24.0 Å². The Bertz CT molecular complexity index is 627. The smallest absolute Gasteiger partial charge is 0.243 e. The van der Waals surface area contributed by atoms with E-state index < -0.39 is 0 Å². The molecule has 1 amide bonds. The molecular weight excluding hydrogens is 262 g/mol. The third-order valence-electron chi connectivity index (χ3n) is 3.80. The van der Waals surface area contributed by atoms with Crippen molar-refractivity contribution in [3.05, 3.63) is 60.2 Å². The lowest BCUT2D eigenvalue weighted by molar-refractivity contribution is -0.115. The second kappa shape index (κ2) is 5.97. The predicted molar refractivity (Wildman–Crippen MR) is 85.3 cm³/mol. The highest BCUT2D eigenvalue weighted by atomic mass is 16.2. The second-order valence-corrected chi connectivity index (χ2v) is 5.20. The van der Waals surface area contributed by atoms with Gasteiger partial charge in [-0.15, -0.1) is 0 Å². The molecule has 1 atom stereocenters. The summed E-state index contributed by atoms with van der Waals surface area (Å²) in [5.41, 5.74) is 8.91. The van der Waals surface area contributed by atoms with Gasteiger partial charge in [0.1, 0.15) is 0 Å². The first-order chi connectivity index (χ1) is 10.3. The van der Waals surface area contributed by atoms with Gasteiger partial charge in [0.25, 0.3) is 0 Å². The van der Waals surface area contributed by atoms with Crippen LogP contribution in [-0.2, 0) is 4.79 Å². The fourth-order valence-corrected chi connectivity index (χ4v) is 2.87. The molecule has 21 heavy (non-hydrogen) atoms. The Morgan fingerprint density at radius 1 is 1.10 bits per heavy atom. The van der Waals surface area contributed by atoms with Gasteiger partial charge >= 0.3 is 0 Å². The molecule has 3 N–H and O–H groups in total. The molecule has 0 bridgehead atoms. The molecule has 2 aromatic carbocycles. The average molecular weight is 281 g/mol. The van der Waals surface area contributed by atoms with Crippen molar-refractivity contribution in [1.82, 2.24) is 0 Å². The Morgan fingerprint density at radius 3 is 2.57 bits per heavy atom. The highest BCUT2D eigenvalue weighted by Crippen LogP contribution is 2.36. The fraction of sp³-hybridized carbons (Fsp3) is 0.235. The van der Waals surface area contributed by atoms with Gasteiger partial charge in [0.15, 0.2) is 0 Å². The number of nitrogens with zero attached hydrogens (tertiary/aromatic N) is 1. The highest BCUT2D eigenvalue weighted by molar-refractivity contribution is 6.01. The lowest BCUT2D eigenvalue weighted by Gasteiger charge is -2.37. The van der Waals surface area contributed by atoms with Crippen LogP contribution in [0, 0.1) is 0 Å². The first-order valence-electron chi connectivity index (χ1n) is 7.20. The first-order valence-corrected chi connectivity index (χ1v) is 7.20. The van der Waals surface area contributed by atoms with Crippen LogP contribution in [-0.4, -0.2) is 19.0 Å². The summed E-state index contributed by atoms with van der Waals surface area (Å²) in [6.45, 7) is 0.941. The maximum Gasteiger partial charge on any atom is 0.243 e. The van der Waals surface area contributed by atoms with Crippen molar-refractivity contribution in [2.24, 2.45) is 5.73 Å². The van der Waals surface area contributed by atoms with Crippen LogP contribution in [0.2, 0.25) is 0 Å². The van der Waals surface area contributed by atoms with Crippen LogP contribution in [0.5, 0.6) is 0 Å². The Kier molecular flexibility index (Phi) is 3.88. The summed E-state index contributed by atoms with van der Waals surface area (Å²) in [7, 11) is 0. The number of hydrogen-bond donors (Lipinski definition) is 2. The molecule has 108 valence electrons. The zero-order valence-corrected chi connectivity index (χ0v) is 11.8. The number of carbonyl (C=O) groups is 1. The predicted octanol–water partition coefficient (Wildman–Crippen LogP) is 2.54. The van der Waals surface area contributed by atoms with E-state index in [2.05, 4.69) is 22.3 Å². The van der Waals surface area contributed by atoms with Crippen LogP contribution in [0.4, 0.5) is 11.4 Å². The summed E-state index contributed by atoms with van der Waals surface area (Å²) in [4.78, 5) is 14.1. The number of hydrogen-bond acceptors (Lipinski definition) is 3. The summed E-state index contributed by atoms with van der Waals surface area (Å²) in [5.74, 6) is 0.0200. The van der Waals surface area contributed by atoms with Crippen LogP contribution in [0.3, 0.4) is 0 Å². The van der Waals surface area contributed by atoms with Gasteiger partial charge in [-0.1, -0.05) is 42.5 Å². The molecular formula is C17H19N3O. The fourth-order valence-electron chi connectivity index (χ4n) is 2.87. The van der Waals surface area contributed by atoms with Gasteiger partial charge < -0.3 is 16.0 Å². The normalized spacial score (nSPS) is 15.3. The summed E-state index contributed by atoms with van der Waals surface area (Å²) in [5, 5.41) is 2.93. The monoisotopic (exact) mass is 281 g/mol. The van der Waals surface area contributed by atoms with Crippen molar-refractivity contribution in [3.8, 4) is 0 Å². The molecule has 1 aliphatic rings. The van der Waals surface area contributed by atoms with Crippen LogP contribution < -0.4 is 16.0 Å². The van der Waals surface area contributed by atoms with E-state index in [-0.39, 0.29) is 11.9 Å². The molecule has 1 aliphatic heterocycles. The minimum atomic E-state index is 0.0200. The largest absolute Gasteiger partial charge is 0.353 e. The number of fused-ring (bicyclic) bond motifs is 1. The molecule has 0 saturated heterocycles. The summed E-state index contributed by atoms with van der Waals surface area (Å²) in [6, 6.07) is 18.2. The van der Waals surface area contributed by atoms with E-state index in [9.17, 15) is 4.79 Å². The Labute approximate surface area is 124 Å². The number of benzene rings is 2. The van der Waals surface area contributed by atoms with E-state index in [0.717, 1.165) is 17.8 Å². The third-order valence-corrected chi connectivity index (χ3v) is 3.80. The van der Waals surface area contributed by atoms with Gasteiger partial charge in [0.2, 0.25) is 5.91 Å². The summed E-state index contributed by atoms with van der Waals surface area (Å²) < 4.78 is 0. The lowest BCUT2D eigenvalue weighted by Crippen LogP contribution is -2.41. The number of rotatable bonds is 4. The quantitative estimate of drug-likeness (QED) is 0.905. The molecule has 0 saturated carbocycles. The number of nitrogens with two attached hydrogens (primary N) is 1. The number of nitrogens with one attached hydrogen (secondary N) is 1. The number of carbonyl (C=O) groups excluding carboxylic acids is 1. The van der Waals surface area contributed by atoms with Gasteiger partial charge in [-0.3, -0.25) is 4.79 Å². The molecule has 0 aromatic heterocycles. The molecule has 0 fully saturated rings. The van der Waals surface area contributed by atoms with E-state index in [1.807, 2.05) is 42.5 Å². The highest BCUT2D eigenvalue weighted by Gasteiger charge is 2.28. The second-order valence-electron chi connectivity index (χ2n) is 5.20. The molecule has 0 aliphatic carbocycles. The SMILES string of the molecule is NCCC(c1ccccc1)N1CC(=O)Nc2ccccc21. The standard InChI is InChI=1S/C17H19N3O/c18-11-10-15(13-6-2-1-3-7-13)20-12-17(21)19-14-8-4-5-9-16(14)20/h1-9,15H,10-12,18H2,(H,19,21). The van der Waals surface area contributed by atoms with Crippen molar-refractivity contribution in [3.63, 3.8) is 0 Å². The van der Waals surface area contributed by atoms with Gasteiger partial charge in [0, 0.05) is 0 Å². The summed E-state index contributed by atoms with van der Waals surface area (Å²) in [6.07, 6.45) is 0.811. The van der Waals surface area contributed by atoms with E-state index in [0.29, 0.717) is 13.1 Å². The maximum atomic E-state index is 12.0. The molecule has 2 aromatic rings. The molecule has 4 nitrogen and oxygen atoms in total.